The van der Waals surface area contributed by atoms with Crippen molar-refractivity contribution < 1.29 is 43.9 Å². The Morgan fingerprint density at radius 1 is 0.984 bits per heavy atom. The Labute approximate surface area is 361 Å². The van der Waals surface area contributed by atoms with Gasteiger partial charge in [-0.05, 0) is 56.0 Å². The maximum Gasteiger partial charge on any atom is 0.435 e. The van der Waals surface area contributed by atoms with E-state index >= 15 is 8.78 Å². The van der Waals surface area contributed by atoms with Crippen LogP contribution in [0.15, 0.2) is 42.5 Å². The molecular formula is C41H43F7N10O3S2. The summed E-state index contributed by atoms with van der Waals surface area (Å²) in [4.78, 5) is 28.5. The van der Waals surface area contributed by atoms with Crippen LogP contribution >= 0.6 is 11.3 Å². The Hall–Kier alpha value is -5.35. The second-order valence-electron chi connectivity index (χ2n) is 16.5. The van der Waals surface area contributed by atoms with Crippen molar-refractivity contribution >= 4 is 59.5 Å². The van der Waals surface area contributed by atoms with Crippen LogP contribution in [0.3, 0.4) is 0 Å². The van der Waals surface area contributed by atoms with Crippen LogP contribution in [0.1, 0.15) is 67.9 Å². The highest BCUT2D eigenvalue weighted by Crippen LogP contribution is 2.55. The lowest BCUT2D eigenvalue weighted by atomic mass is 9.94. The maximum absolute atomic E-state index is 15.7. The summed E-state index contributed by atoms with van der Waals surface area (Å²) in [6, 6.07) is 8.57. The molecule has 3 atom stereocenters. The third kappa shape index (κ3) is 8.43. The summed E-state index contributed by atoms with van der Waals surface area (Å²) < 4.78 is 133. The first kappa shape index (κ1) is 44.3. The normalized spacial score (nSPS) is 18.7. The van der Waals surface area contributed by atoms with Crippen LogP contribution in [0, 0.1) is 17.6 Å². The number of fused-ring (bicyclic) bond motifs is 3. The van der Waals surface area contributed by atoms with Crippen molar-refractivity contribution in [2.24, 2.45) is 13.0 Å². The summed E-state index contributed by atoms with van der Waals surface area (Å²) >= 11 is 1.36. The fourth-order valence-corrected chi connectivity index (χ4v) is 10.1. The van der Waals surface area contributed by atoms with E-state index in [4.69, 9.17) is 9.97 Å². The Morgan fingerprint density at radius 3 is 2.30 bits per heavy atom. The number of aromatic nitrogens is 6. The van der Waals surface area contributed by atoms with E-state index in [2.05, 4.69) is 43.9 Å². The second kappa shape index (κ2) is 16.0. The van der Waals surface area contributed by atoms with Gasteiger partial charge in [0.2, 0.25) is 15.9 Å². The molecule has 63 heavy (non-hydrogen) atoms. The van der Waals surface area contributed by atoms with Crippen molar-refractivity contribution in [3.05, 3.63) is 82.3 Å². The molecule has 1 fully saturated rings. The van der Waals surface area contributed by atoms with Crippen molar-refractivity contribution in [2.75, 3.05) is 42.1 Å². The van der Waals surface area contributed by atoms with Gasteiger partial charge in [-0.2, -0.15) is 37.1 Å². The molecule has 1 aliphatic heterocycles. The Bertz CT molecular complexity index is 2850. The van der Waals surface area contributed by atoms with Crippen molar-refractivity contribution in [2.45, 2.75) is 70.8 Å². The van der Waals surface area contributed by atoms with Gasteiger partial charge in [0.05, 0.1) is 28.2 Å². The zero-order valence-corrected chi connectivity index (χ0v) is 36.5. The molecule has 13 nitrogen and oxygen atoms in total. The fraction of sp³-hybridized carbons (Fsp3) is 0.439. The standard InChI is InChI=1S/C41H43F7N10O3S2/c1-20(2)56-10-12-57(13-11-56)39-51-38-30(62-39)18-28(26-8-7-9-27-34(26)55(5)53-37(27)54-63(6,60)61)33(50-38)29(16-23-14-24(42)17-25(43)15-23)49-31(59)19-58-36-32(35(52-58)41(46,47)48)21(3)22(4)40(36,44)45/h7-9,14-15,17-18,20-22,29H,10-13,16,19H2,1-6H3,(H,49,59)(H,53,54)/t21-,22+,29-/m0/s1. The molecule has 336 valence electrons. The molecule has 5 heterocycles. The Morgan fingerprint density at radius 2 is 1.67 bits per heavy atom. The zero-order valence-electron chi connectivity index (χ0n) is 34.9. The highest BCUT2D eigenvalue weighted by atomic mass is 32.2. The average molecular weight is 921 g/mol. The van der Waals surface area contributed by atoms with E-state index < -0.39 is 81.0 Å². The molecule has 6 aromatic rings. The zero-order chi connectivity index (χ0) is 45.5. The van der Waals surface area contributed by atoms with Gasteiger partial charge in [0.1, 0.15) is 23.9 Å². The van der Waals surface area contributed by atoms with E-state index in [9.17, 15) is 35.2 Å². The predicted molar refractivity (Wildman–Crippen MR) is 224 cm³/mol. The molecule has 0 bridgehead atoms. The van der Waals surface area contributed by atoms with Crippen molar-refractivity contribution in [1.29, 1.82) is 0 Å². The number of hydrogen-bond donors (Lipinski definition) is 2. The number of sulfonamides is 1. The number of thiazole rings is 1. The molecule has 0 saturated carbocycles. The number of rotatable bonds is 11. The van der Waals surface area contributed by atoms with Crippen LogP contribution in [0.4, 0.5) is 41.7 Å². The third-order valence-electron chi connectivity index (χ3n) is 11.8. The molecule has 0 spiro atoms. The molecule has 8 rings (SSSR count). The van der Waals surface area contributed by atoms with Crippen LogP contribution in [0.2, 0.25) is 0 Å². The minimum Gasteiger partial charge on any atom is -0.346 e. The summed E-state index contributed by atoms with van der Waals surface area (Å²) in [5.41, 5.74) is -1.57. The van der Waals surface area contributed by atoms with Crippen molar-refractivity contribution in [3.63, 3.8) is 0 Å². The number of aryl methyl sites for hydroxylation is 1. The van der Waals surface area contributed by atoms with Gasteiger partial charge in [-0.15, -0.1) is 0 Å². The number of halogens is 7. The van der Waals surface area contributed by atoms with Gasteiger partial charge in [-0.3, -0.25) is 23.8 Å². The molecule has 0 unspecified atom stereocenters. The van der Waals surface area contributed by atoms with Crippen LogP contribution < -0.4 is 14.9 Å². The largest absolute Gasteiger partial charge is 0.435 e. The van der Waals surface area contributed by atoms with Gasteiger partial charge in [0, 0.05) is 73.3 Å². The number of alkyl halides is 5. The quantitative estimate of drug-likeness (QED) is 0.126. The number of para-hydroxylation sites is 1. The first-order valence-electron chi connectivity index (χ1n) is 20.0. The highest BCUT2D eigenvalue weighted by Gasteiger charge is 2.57. The summed E-state index contributed by atoms with van der Waals surface area (Å²) in [6.45, 7) is 8.48. The monoisotopic (exact) mass is 920 g/mol. The number of carbonyl (C=O) groups excluding carboxylic acids is 1. The molecule has 2 aliphatic rings. The number of benzene rings is 2. The number of carbonyl (C=O) groups is 1. The number of piperazine rings is 1. The second-order valence-corrected chi connectivity index (χ2v) is 19.2. The maximum atomic E-state index is 15.7. The van der Waals surface area contributed by atoms with E-state index in [1.165, 1.54) is 22.9 Å². The summed E-state index contributed by atoms with van der Waals surface area (Å²) in [5.74, 6) is -9.40. The van der Waals surface area contributed by atoms with Crippen molar-refractivity contribution in [3.8, 4) is 11.1 Å². The minimum absolute atomic E-state index is 0.0264. The SMILES string of the molecule is CC(C)N1CCN(c2nc3nc([C@H](Cc4cc(F)cc(F)c4)NC(=O)Cn4nc(C(F)(F)F)c5c4C(F)(F)[C@H](C)[C@@H]5C)c(-c4cccc5c(NS(C)(=O)=O)nn(C)c45)cc3s2)CC1. The fourth-order valence-electron chi connectivity index (χ4n) is 8.64. The Kier molecular flexibility index (Phi) is 11.3. The predicted octanol–water partition coefficient (Wildman–Crippen LogP) is 7.59. The topological polar surface area (TPSA) is 143 Å². The molecular weight excluding hydrogens is 878 g/mol. The molecule has 1 aliphatic carbocycles. The van der Waals surface area contributed by atoms with E-state index in [0.29, 0.717) is 61.7 Å². The summed E-state index contributed by atoms with van der Waals surface area (Å²) in [6.07, 6.45) is -4.46. The number of nitrogens with one attached hydrogen (secondary N) is 2. The third-order valence-corrected chi connectivity index (χ3v) is 13.4. The van der Waals surface area contributed by atoms with Gasteiger partial charge in [0.15, 0.2) is 22.3 Å². The van der Waals surface area contributed by atoms with E-state index in [1.54, 1.807) is 31.3 Å². The Balaban J connectivity index is 1.29. The van der Waals surface area contributed by atoms with Crippen molar-refractivity contribution in [1.82, 2.24) is 39.7 Å². The first-order valence-corrected chi connectivity index (χ1v) is 22.8. The number of amides is 1. The van der Waals surface area contributed by atoms with Crippen LogP contribution in [-0.4, -0.2) is 87.2 Å². The first-order chi connectivity index (χ1) is 29.5. The molecule has 1 amide bonds. The van der Waals surface area contributed by atoms with E-state index in [-0.39, 0.29) is 29.1 Å². The molecule has 2 aromatic carbocycles. The number of anilines is 2. The average Bonchev–Trinajstić information content (AvgIpc) is 3.92. The molecule has 1 saturated heterocycles. The highest BCUT2D eigenvalue weighted by molar-refractivity contribution is 7.92. The van der Waals surface area contributed by atoms with Crippen LogP contribution in [0.5, 0.6) is 0 Å². The van der Waals surface area contributed by atoms with Crippen LogP contribution in [-0.2, 0) is 46.9 Å². The van der Waals surface area contributed by atoms with E-state index in [1.807, 2.05) is 0 Å². The van der Waals surface area contributed by atoms with Gasteiger partial charge >= 0.3 is 6.18 Å². The molecule has 2 N–H and O–H groups in total. The molecule has 0 radical (unpaired) electrons. The van der Waals surface area contributed by atoms with Gasteiger partial charge < -0.3 is 10.2 Å². The lowest BCUT2D eigenvalue weighted by Crippen LogP contribution is -2.48. The smallest absolute Gasteiger partial charge is 0.346 e. The van der Waals surface area contributed by atoms with Crippen LogP contribution in [0.25, 0.3) is 32.4 Å². The minimum atomic E-state index is -5.10. The van der Waals surface area contributed by atoms with E-state index in [0.717, 1.165) is 38.4 Å². The van der Waals surface area contributed by atoms with Gasteiger partial charge in [-0.25, -0.2) is 22.2 Å². The van der Waals surface area contributed by atoms with Gasteiger partial charge in [-0.1, -0.05) is 37.3 Å². The number of nitrogens with zero attached hydrogens (tertiary/aromatic N) is 8. The molecule has 4 aromatic heterocycles. The number of hydrogen-bond acceptors (Lipinski definition) is 10. The molecule has 22 heteroatoms. The lowest BCUT2D eigenvalue weighted by molar-refractivity contribution is -0.143. The summed E-state index contributed by atoms with van der Waals surface area (Å²) in [5, 5.41) is 11.7. The number of pyridine rings is 1. The van der Waals surface area contributed by atoms with Gasteiger partial charge in [0.25, 0.3) is 5.92 Å². The lowest BCUT2D eigenvalue weighted by Gasteiger charge is -2.36. The summed E-state index contributed by atoms with van der Waals surface area (Å²) in [7, 11) is -2.19.